The fraction of sp³-hybridized carbons (Fsp3) is 0.381. The van der Waals surface area contributed by atoms with Gasteiger partial charge in [-0.25, -0.2) is 17.7 Å². The van der Waals surface area contributed by atoms with Gasteiger partial charge in [-0.3, -0.25) is 4.57 Å². The van der Waals surface area contributed by atoms with Crippen LogP contribution in [0, 0.1) is 0 Å². The molecule has 1 saturated heterocycles. The van der Waals surface area contributed by atoms with Crippen LogP contribution in [0.4, 0.5) is 0 Å². The molecule has 1 aromatic heterocycles. The summed E-state index contributed by atoms with van der Waals surface area (Å²) in [6, 6.07) is 15.9. The summed E-state index contributed by atoms with van der Waals surface area (Å²) in [5, 5.41) is 0. The molecule has 1 aliphatic rings. The monoisotopic (exact) mass is 415 g/mol. The van der Waals surface area contributed by atoms with Crippen LogP contribution in [0.1, 0.15) is 12.8 Å². The van der Waals surface area contributed by atoms with E-state index in [2.05, 4.69) is 4.98 Å². The van der Waals surface area contributed by atoms with Crippen LogP contribution in [-0.2, 0) is 14.8 Å². The highest BCUT2D eigenvalue weighted by molar-refractivity contribution is 7.88. The molecule has 0 amide bonds. The first kappa shape index (κ1) is 19.9. The lowest BCUT2D eigenvalue weighted by Crippen LogP contribution is -2.40. The van der Waals surface area contributed by atoms with Crippen LogP contribution in [0.15, 0.2) is 54.9 Å². The number of nitrogens with zero attached hydrogens (tertiary/aromatic N) is 3. The number of rotatable bonds is 7. The quantitative estimate of drug-likeness (QED) is 0.555. The lowest BCUT2D eigenvalue weighted by molar-refractivity contribution is 0.00708. The average Bonchev–Trinajstić information content (AvgIpc) is 3.16. The second-order valence-electron chi connectivity index (χ2n) is 7.18. The molecule has 0 aliphatic carbocycles. The van der Waals surface area contributed by atoms with Gasteiger partial charge in [0.1, 0.15) is 18.7 Å². The Balaban J connectivity index is 1.24. The summed E-state index contributed by atoms with van der Waals surface area (Å²) in [6.07, 6.45) is 4.61. The van der Waals surface area contributed by atoms with Gasteiger partial charge < -0.3 is 9.47 Å². The number of hydrogen-bond donors (Lipinski definition) is 0. The van der Waals surface area contributed by atoms with E-state index in [1.54, 1.807) is 0 Å². The van der Waals surface area contributed by atoms with Gasteiger partial charge in [0.05, 0.1) is 30.0 Å². The van der Waals surface area contributed by atoms with E-state index in [1.165, 1.54) is 10.6 Å². The molecule has 8 heteroatoms. The van der Waals surface area contributed by atoms with Gasteiger partial charge in [0.2, 0.25) is 10.0 Å². The van der Waals surface area contributed by atoms with Crippen LogP contribution in [-0.4, -0.2) is 60.9 Å². The van der Waals surface area contributed by atoms with Crippen LogP contribution in [0.25, 0.3) is 16.7 Å². The van der Waals surface area contributed by atoms with Crippen molar-refractivity contribution in [1.29, 1.82) is 0 Å². The molecule has 3 aromatic rings. The molecule has 2 aromatic carbocycles. The molecule has 2 heterocycles. The van der Waals surface area contributed by atoms with Crippen molar-refractivity contribution in [3.05, 3.63) is 54.9 Å². The van der Waals surface area contributed by atoms with E-state index in [0.717, 1.165) is 35.3 Å². The third-order valence-corrected chi connectivity index (χ3v) is 6.45. The van der Waals surface area contributed by atoms with E-state index >= 15 is 0 Å². The summed E-state index contributed by atoms with van der Waals surface area (Å²) in [4.78, 5) is 4.42. The Morgan fingerprint density at radius 1 is 1.03 bits per heavy atom. The first-order valence-electron chi connectivity index (χ1n) is 9.73. The maximum Gasteiger partial charge on any atom is 0.211 e. The fourth-order valence-electron chi connectivity index (χ4n) is 3.57. The fourth-order valence-corrected chi connectivity index (χ4v) is 4.45. The van der Waals surface area contributed by atoms with Gasteiger partial charge in [0.15, 0.2) is 0 Å². The summed E-state index contributed by atoms with van der Waals surface area (Å²) in [5.41, 5.74) is 3.06. The molecule has 0 spiro atoms. The van der Waals surface area contributed by atoms with E-state index in [-0.39, 0.29) is 6.10 Å². The number of aromatic nitrogens is 2. The average molecular weight is 416 g/mol. The van der Waals surface area contributed by atoms with E-state index in [4.69, 9.17) is 9.47 Å². The van der Waals surface area contributed by atoms with Crippen LogP contribution < -0.4 is 4.74 Å². The topological polar surface area (TPSA) is 73.7 Å². The molecule has 1 aliphatic heterocycles. The van der Waals surface area contributed by atoms with Gasteiger partial charge in [0, 0.05) is 18.8 Å². The van der Waals surface area contributed by atoms with Crippen molar-refractivity contribution in [1.82, 2.24) is 13.9 Å². The number of ether oxygens (including phenoxy) is 2. The summed E-state index contributed by atoms with van der Waals surface area (Å²) >= 11 is 0. The lowest BCUT2D eigenvalue weighted by atomic mass is 10.1. The number of piperidine rings is 1. The van der Waals surface area contributed by atoms with Crippen molar-refractivity contribution in [3.8, 4) is 11.4 Å². The summed E-state index contributed by atoms with van der Waals surface area (Å²) in [7, 11) is -3.10. The minimum absolute atomic E-state index is 0.0912. The number of imidazole rings is 1. The zero-order chi connectivity index (χ0) is 20.3. The van der Waals surface area contributed by atoms with E-state index < -0.39 is 10.0 Å². The number of hydrogen-bond acceptors (Lipinski definition) is 5. The Hall–Kier alpha value is -2.42. The zero-order valence-electron chi connectivity index (χ0n) is 16.4. The highest BCUT2D eigenvalue weighted by Crippen LogP contribution is 2.21. The number of sulfonamides is 1. The largest absolute Gasteiger partial charge is 0.491 e. The molecule has 7 nitrogen and oxygen atoms in total. The van der Waals surface area contributed by atoms with Crippen molar-refractivity contribution in [2.45, 2.75) is 18.9 Å². The first-order valence-corrected chi connectivity index (χ1v) is 11.6. The van der Waals surface area contributed by atoms with Gasteiger partial charge >= 0.3 is 0 Å². The predicted octanol–water partition coefficient (Wildman–Crippen LogP) is 2.84. The van der Waals surface area contributed by atoms with Crippen LogP contribution in [0.2, 0.25) is 0 Å². The predicted molar refractivity (Wildman–Crippen MR) is 112 cm³/mol. The van der Waals surface area contributed by atoms with Crippen molar-refractivity contribution in [3.63, 3.8) is 0 Å². The second-order valence-corrected chi connectivity index (χ2v) is 9.16. The van der Waals surface area contributed by atoms with E-state index in [0.29, 0.717) is 26.3 Å². The molecule has 154 valence electrons. The van der Waals surface area contributed by atoms with Gasteiger partial charge in [-0.15, -0.1) is 0 Å². The molecular formula is C21H25N3O4S. The molecule has 0 bridgehead atoms. The molecule has 0 atom stereocenters. The van der Waals surface area contributed by atoms with Crippen LogP contribution >= 0.6 is 0 Å². The Labute approximate surface area is 170 Å². The normalized spacial score (nSPS) is 16.3. The van der Waals surface area contributed by atoms with Crippen LogP contribution in [0.5, 0.6) is 5.75 Å². The Kier molecular flexibility index (Phi) is 5.84. The van der Waals surface area contributed by atoms with Crippen molar-refractivity contribution in [2.75, 3.05) is 32.6 Å². The maximum absolute atomic E-state index is 11.5. The van der Waals surface area contributed by atoms with Gasteiger partial charge in [-0.1, -0.05) is 12.1 Å². The molecule has 4 rings (SSSR count). The SMILES string of the molecule is CS(=O)(=O)N1CCC(OCCOc2ccc(-n3cnc4ccccc43)cc2)CC1. The molecule has 29 heavy (non-hydrogen) atoms. The van der Waals surface area contributed by atoms with Crippen molar-refractivity contribution in [2.24, 2.45) is 0 Å². The number of benzene rings is 2. The van der Waals surface area contributed by atoms with Gasteiger partial charge in [-0.2, -0.15) is 0 Å². The maximum atomic E-state index is 11.5. The van der Waals surface area contributed by atoms with Crippen molar-refractivity contribution >= 4 is 21.1 Å². The molecular weight excluding hydrogens is 390 g/mol. The van der Waals surface area contributed by atoms with E-state index in [9.17, 15) is 8.42 Å². The highest BCUT2D eigenvalue weighted by atomic mass is 32.2. The van der Waals surface area contributed by atoms with E-state index in [1.807, 2.05) is 59.4 Å². The van der Waals surface area contributed by atoms with Gasteiger partial charge in [-0.05, 0) is 49.2 Å². The number of para-hydroxylation sites is 2. The Morgan fingerprint density at radius 3 is 2.48 bits per heavy atom. The minimum atomic E-state index is -3.10. The summed E-state index contributed by atoms with van der Waals surface area (Å²) in [6.45, 7) is 1.99. The minimum Gasteiger partial charge on any atom is -0.491 e. The van der Waals surface area contributed by atoms with Crippen LogP contribution in [0.3, 0.4) is 0 Å². The Morgan fingerprint density at radius 2 is 1.76 bits per heavy atom. The first-order chi connectivity index (χ1) is 14.0. The molecule has 1 fully saturated rings. The highest BCUT2D eigenvalue weighted by Gasteiger charge is 2.25. The van der Waals surface area contributed by atoms with Gasteiger partial charge in [0.25, 0.3) is 0 Å². The molecule has 0 N–H and O–H groups in total. The second kappa shape index (κ2) is 8.52. The smallest absolute Gasteiger partial charge is 0.211 e. The zero-order valence-corrected chi connectivity index (χ0v) is 17.2. The third kappa shape index (κ3) is 4.77. The molecule has 0 radical (unpaired) electrons. The Bertz CT molecular complexity index is 1050. The summed E-state index contributed by atoms with van der Waals surface area (Å²) < 4.78 is 38.2. The molecule has 0 unspecified atom stereocenters. The summed E-state index contributed by atoms with van der Waals surface area (Å²) in [5.74, 6) is 0.786. The lowest BCUT2D eigenvalue weighted by Gasteiger charge is -2.30. The standard InChI is InChI=1S/C21H25N3O4S/c1-29(25,26)23-12-10-19(11-13-23)28-15-14-27-18-8-6-17(7-9-18)24-16-22-20-4-2-3-5-21(20)24/h2-9,16,19H,10-15H2,1H3. The molecule has 0 saturated carbocycles. The number of fused-ring (bicyclic) bond motifs is 1. The van der Waals surface area contributed by atoms with Crippen molar-refractivity contribution < 1.29 is 17.9 Å². The third-order valence-electron chi connectivity index (χ3n) is 5.14.